The van der Waals surface area contributed by atoms with Gasteiger partial charge in [0.15, 0.2) is 0 Å². The van der Waals surface area contributed by atoms with E-state index >= 15 is 0 Å². The van der Waals surface area contributed by atoms with Gasteiger partial charge in [0.05, 0.1) is 0 Å². The van der Waals surface area contributed by atoms with Crippen molar-refractivity contribution in [3.8, 4) is 0 Å². The molecule has 0 aliphatic carbocycles. The Morgan fingerprint density at radius 1 is 1.38 bits per heavy atom. The van der Waals surface area contributed by atoms with E-state index in [9.17, 15) is 9.90 Å². The quantitative estimate of drug-likeness (QED) is 0.592. The Kier molecular flexibility index (Phi) is 8.21. The van der Waals surface area contributed by atoms with Gasteiger partial charge in [0.25, 0.3) is 0 Å². The zero-order valence-electron chi connectivity index (χ0n) is 10.8. The fraction of sp³-hybridized carbons (Fsp3) is 0.917. The molecule has 16 heavy (non-hydrogen) atoms. The first kappa shape index (κ1) is 15.4. The molecule has 0 amide bonds. The Morgan fingerprint density at radius 2 is 2.00 bits per heavy atom. The Hall–Kier alpha value is -0.610. The number of hydrogen-bond acceptors (Lipinski definition) is 3. The van der Waals surface area contributed by atoms with Crippen LogP contribution in [-0.2, 0) is 4.79 Å². The lowest BCUT2D eigenvalue weighted by Crippen LogP contribution is -2.46. The third-order valence-electron chi connectivity index (χ3n) is 2.81. The lowest BCUT2D eigenvalue weighted by atomic mass is 10.1. The summed E-state index contributed by atoms with van der Waals surface area (Å²) in [5.74, 6) is -0.754. The van der Waals surface area contributed by atoms with E-state index in [1.165, 1.54) is 0 Å². The predicted molar refractivity (Wildman–Crippen MR) is 66.5 cm³/mol. The summed E-state index contributed by atoms with van der Waals surface area (Å²) in [4.78, 5) is 13.2. The van der Waals surface area contributed by atoms with Gasteiger partial charge in [0.1, 0.15) is 6.04 Å². The summed E-state index contributed by atoms with van der Waals surface area (Å²) in [6, 6.07) is -0.175. The van der Waals surface area contributed by atoms with Crippen LogP contribution in [0.25, 0.3) is 0 Å². The Labute approximate surface area is 98.8 Å². The number of rotatable bonds is 9. The second kappa shape index (κ2) is 8.53. The zero-order valence-corrected chi connectivity index (χ0v) is 10.8. The number of carboxylic acids is 1. The molecular formula is C12H26N2O2. The summed E-state index contributed by atoms with van der Waals surface area (Å²) < 4.78 is 0. The summed E-state index contributed by atoms with van der Waals surface area (Å²) >= 11 is 0. The van der Waals surface area contributed by atoms with Crippen molar-refractivity contribution in [2.45, 2.75) is 58.5 Å². The molecule has 0 aromatic heterocycles. The SMILES string of the molecule is CCCCCN(C(C)C)C(CCN)C(=O)O. The average molecular weight is 230 g/mol. The normalized spacial score (nSPS) is 13.4. The number of carboxylic acid groups (broad SMARTS) is 1. The maximum absolute atomic E-state index is 11.2. The van der Waals surface area contributed by atoms with Crippen molar-refractivity contribution in [3.63, 3.8) is 0 Å². The Balaban J connectivity index is 4.39. The molecule has 1 unspecified atom stereocenters. The maximum atomic E-state index is 11.2. The van der Waals surface area contributed by atoms with Crippen LogP contribution >= 0.6 is 0 Å². The van der Waals surface area contributed by atoms with Crippen molar-refractivity contribution < 1.29 is 9.90 Å². The third-order valence-corrected chi connectivity index (χ3v) is 2.81. The number of unbranched alkanes of at least 4 members (excludes halogenated alkanes) is 2. The smallest absolute Gasteiger partial charge is 0.320 e. The van der Waals surface area contributed by atoms with Gasteiger partial charge in [-0.25, -0.2) is 0 Å². The van der Waals surface area contributed by atoms with Gasteiger partial charge < -0.3 is 10.8 Å². The Bertz CT molecular complexity index is 195. The standard InChI is InChI=1S/C12H26N2O2/c1-4-5-6-9-14(10(2)3)11(7-8-13)12(15)16/h10-11H,4-9,13H2,1-3H3,(H,15,16). The highest BCUT2D eigenvalue weighted by molar-refractivity contribution is 5.73. The first-order valence-corrected chi connectivity index (χ1v) is 6.23. The summed E-state index contributed by atoms with van der Waals surface area (Å²) in [5, 5.41) is 9.18. The van der Waals surface area contributed by atoms with E-state index in [2.05, 4.69) is 6.92 Å². The van der Waals surface area contributed by atoms with Crippen LogP contribution in [0.4, 0.5) is 0 Å². The van der Waals surface area contributed by atoms with Gasteiger partial charge in [0.2, 0.25) is 0 Å². The highest BCUT2D eigenvalue weighted by Crippen LogP contribution is 2.11. The highest BCUT2D eigenvalue weighted by Gasteiger charge is 2.26. The number of hydrogen-bond donors (Lipinski definition) is 2. The van der Waals surface area contributed by atoms with Crippen molar-refractivity contribution in [3.05, 3.63) is 0 Å². The molecule has 96 valence electrons. The minimum absolute atomic E-state index is 0.254. The number of nitrogens with two attached hydrogens (primary N) is 1. The maximum Gasteiger partial charge on any atom is 0.320 e. The topological polar surface area (TPSA) is 66.6 Å². The van der Waals surface area contributed by atoms with E-state index in [4.69, 9.17) is 5.73 Å². The zero-order chi connectivity index (χ0) is 12.6. The number of carbonyl (C=O) groups is 1. The lowest BCUT2D eigenvalue weighted by molar-refractivity contribution is -0.144. The van der Waals surface area contributed by atoms with E-state index < -0.39 is 12.0 Å². The van der Waals surface area contributed by atoms with E-state index in [-0.39, 0.29) is 6.04 Å². The second-order valence-electron chi connectivity index (χ2n) is 4.47. The van der Waals surface area contributed by atoms with Gasteiger partial charge in [-0.2, -0.15) is 0 Å². The molecule has 0 radical (unpaired) electrons. The summed E-state index contributed by atoms with van der Waals surface area (Å²) in [6.45, 7) is 7.50. The fourth-order valence-electron chi connectivity index (χ4n) is 1.91. The van der Waals surface area contributed by atoms with Crippen LogP contribution in [-0.4, -0.2) is 41.1 Å². The van der Waals surface area contributed by atoms with Crippen molar-refractivity contribution >= 4 is 5.97 Å². The first-order valence-electron chi connectivity index (χ1n) is 6.23. The molecule has 4 nitrogen and oxygen atoms in total. The lowest BCUT2D eigenvalue weighted by Gasteiger charge is -2.32. The van der Waals surface area contributed by atoms with Crippen LogP contribution in [0.2, 0.25) is 0 Å². The number of aliphatic carboxylic acids is 1. The average Bonchev–Trinajstić information content (AvgIpc) is 2.21. The summed E-state index contributed by atoms with van der Waals surface area (Å²) in [7, 11) is 0. The third kappa shape index (κ3) is 5.47. The minimum Gasteiger partial charge on any atom is -0.480 e. The van der Waals surface area contributed by atoms with Crippen molar-refractivity contribution in [1.29, 1.82) is 0 Å². The largest absolute Gasteiger partial charge is 0.480 e. The van der Waals surface area contributed by atoms with Crippen LogP contribution in [0.3, 0.4) is 0 Å². The first-order chi connectivity index (χ1) is 7.54. The molecular weight excluding hydrogens is 204 g/mol. The van der Waals surface area contributed by atoms with Crippen LogP contribution in [0.5, 0.6) is 0 Å². The highest BCUT2D eigenvalue weighted by atomic mass is 16.4. The molecule has 0 saturated heterocycles. The van der Waals surface area contributed by atoms with Gasteiger partial charge in [-0.05, 0) is 39.8 Å². The molecule has 0 heterocycles. The van der Waals surface area contributed by atoms with Gasteiger partial charge in [-0.1, -0.05) is 19.8 Å². The van der Waals surface area contributed by atoms with E-state index in [0.717, 1.165) is 25.8 Å². The molecule has 0 fully saturated rings. The molecule has 0 rings (SSSR count). The van der Waals surface area contributed by atoms with Crippen molar-refractivity contribution in [2.75, 3.05) is 13.1 Å². The molecule has 0 bridgehead atoms. The minimum atomic E-state index is -0.754. The van der Waals surface area contributed by atoms with Crippen LogP contribution in [0, 0.1) is 0 Å². The molecule has 1 atom stereocenters. The molecule has 3 N–H and O–H groups in total. The van der Waals surface area contributed by atoms with Crippen LogP contribution in [0.15, 0.2) is 0 Å². The van der Waals surface area contributed by atoms with Crippen molar-refractivity contribution in [2.24, 2.45) is 5.73 Å². The van der Waals surface area contributed by atoms with Crippen LogP contribution in [0.1, 0.15) is 46.5 Å². The van der Waals surface area contributed by atoms with E-state index in [1.807, 2.05) is 18.7 Å². The fourth-order valence-corrected chi connectivity index (χ4v) is 1.91. The van der Waals surface area contributed by atoms with Crippen molar-refractivity contribution in [1.82, 2.24) is 4.90 Å². The van der Waals surface area contributed by atoms with Gasteiger partial charge >= 0.3 is 5.97 Å². The predicted octanol–water partition coefficient (Wildman–Crippen LogP) is 1.69. The monoisotopic (exact) mass is 230 g/mol. The summed E-state index contributed by atoms with van der Waals surface area (Å²) in [6.07, 6.45) is 3.89. The molecule has 0 aromatic carbocycles. The van der Waals surface area contributed by atoms with E-state index in [1.54, 1.807) is 0 Å². The Morgan fingerprint density at radius 3 is 2.38 bits per heavy atom. The molecule has 0 aromatic rings. The van der Waals surface area contributed by atoms with Gasteiger partial charge in [0, 0.05) is 6.04 Å². The second-order valence-corrected chi connectivity index (χ2v) is 4.47. The molecule has 0 aliphatic heterocycles. The number of nitrogens with zero attached hydrogens (tertiary/aromatic N) is 1. The molecule has 0 saturated carbocycles. The summed E-state index contributed by atoms with van der Waals surface area (Å²) in [5.41, 5.74) is 5.47. The van der Waals surface area contributed by atoms with Gasteiger partial charge in [-0.15, -0.1) is 0 Å². The molecule has 4 heteroatoms. The molecule has 0 aliphatic rings. The van der Waals surface area contributed by atoms with Gasteiger partial charge in [-0.3, -0.25) is 9.69 Å². The van der Waals surface area contributed by atoms with E-state index in [0.29, 0.717) is 13.0 Å². The molecule has 0 spiro atoms. The van der Waals surface area contributed by atoms with Crippen LogP contribution < -0.4 is 5.73 Å².